The van der Waals surface area contributed by atoms with Gasteiger partial charge in [0.25, 0.3) is 11.5 Å². The number of para-hydroxylation sites is 3. The van der Waals surface area contributed by atoms with E-state index in [1.54, 1.807) is 11.7 Å². The lowest BCUT2D eigenvalue weighted by atomic mass is 10.2. The van der Waals surface area contributed by atoms with Gasteiger partial charge in [-0.05, 0) is 48.5 Å². The summed E-state index contributed by atoms with van der Waals surface area (Å²) in [5.74, 6) is 0.775. The number of ether oxygens (including phenoxy) is 1. The molecular formula is C33H25N5O3S2. The average molecular weight is 604 g/mol. The largest absolute Gasteiger partial charge is 0.497 e. The average Bonchev–Trinajstić information content (AvgIpc) is 3.67. The molecule has 212 valence electrons. The Morgan fingerprint density at radius 3 is 2.14 bits per heavy atom. The highest BCUT2D eigenvalue weighted by molar-refractivity contribution is 8.08. The first-order valence-corrected chi connectivity index (χ1v) is 15.1. The van der Waals surface area contributed by atoms with Gasteiger partial charge in [-0.1, -0.05) is 66.4 Å². The quantitative estimate of drug-likeness (QED) is 0.317. The fourth-order valence-corrected chi connectivity index (χ4v) is 7.50. The third kappa shape index (κ3) is 4.70. The number of amides is 1. The molecule has 4 aromatic carbocycles. The summed E-state index contributed by atoms with van der Waals surface area (Å²) in [6.45, 7) is 0. The summed E-state index contributed by atoms with van der Waals surface area (Å²) >= 11 is 2.82. The number of nitrogens with zero attached hydrogens (tertiary/aromatic N) is 4. The first kappa shape index (κ1) is 26.8. The minimum absolute atomic E-state index is 0.210. The molecule has 1 aromatic heterocycles. The number of nitrogens with one attached hydrogen (secondary N) is 1. The van der Waals surface area contributed by atoms with Gasteiger partial charge >= 0.3 is 0 Å². The molecule has 0 atom stereocenters. The SMILES string of the molecule is COc1ccc2c(c1)N(C)C(=c1sc(=C3C(=O)N(c4ccccc4)N=C3Nc3ccccc3)n(-c3ccccc3)c1=O)S2. The summed E-state index contributed by atoms with van der Waals surface area (Å²) in [5.41, 5.74) is 3.12. The maximum Gasteiger partial charge on any atom is 0.285 e. The van der Waals surface area contributed by atoms with Crippen LogP contribution in [0.4, 0.5) is 17.1 Å². The monoisotopic (exact) mass is 603 g/mol. The van der Waals surface area contributed by atoms with Crippen LogP contribution in [0, 0.1) is 0 Å². The van der Waals surface area contributed by atoms with Crippen LogP contribution in [-0.4, -0.2) is 30.5 Å². The lowest BCUT2D eigenvalue weighted by Gasteiger charge is -2.13. The second kappa shape index (κ2) is 11.0. The number of aromatic nitrogens is 1. The summed E-state index contributed by atoms with van der Waals surface area (Å²) in [6.07, 6.45) is 0. The Morgan fingerprint density at radius 2 is 1.47 bits per heavy atom. The van der Waals surface area contributed by atoms with Gasteiger partial charge in [-0.15, -0.1) is 16.4 Å². The Labute approximate surface area is 255 Å². The standard InChI is InChI=1S/C33H25N5O3S2/c1-36-25-20-24(41-2)18-19-26(25)42-33(36)28-31(40)37(22-14-8-4-9-15-22)32(43-28)27-29(34-21-12-6-3-7-13-21)35-38(30(27)39)23-16-10-5-11-17-23/h3-20H,1-2H3,(H,34,35). The molecular weight excluding hydrogens is 579 g/mol. The van der Waals surface area contributed by atoms with Crippen molar-refractivity contribution in [1.29, 1.82) is 0 Å². The van der Waals surface area contributed by atoms with Crippen molar-refractivity contribution in [2.75, 3.05) is 29.4 Å². The molecule has 0 aliphatic carbocycles. The summed E-state index contributed by atoms with van der Waals surface area (Å²) in [7, 11) is 3.57. The molecule has 8 nitrogen and oxygen atoms in total. The van der Waals surface area contributed by atoms with Crippen molar-refractivity contribution in [3.63, 3.8) is 0 Å². The number of anilines is 3. The zero-order valence-corrected chi connectivity index (χ0v) is 24.9. The van der Waals surface area contributed by atoms with Crippen LogP contribution in [0.2, 0.25) is 0 Å². The van der Waals surface area contributed by atoms with Crippen LogP contribution in [0.5, 0.6) is 5.75 Å². The predicted molar refractivity (Wildman–Crippen MR) is 175 cm³/mol. The van der Waals surface area contributed by atoms with Gasteiger partial charge in [0.1, 0.15) is 25.5 Å². The smallest absolute Gasteiger partial charge is 0.285 e. The number of hydrazone groups is 1. The van der Waals surface area contributed by atoms with E-state index in [2.05, 4.69) is 5.32 Å². The van der Waals surface area contributed by atoms with E-state index in [1.807, 2.05) is 121 Å². The number of rotatable bonds is 4. The van der Waals surface area contributed by atoms with Gasteiger partial charge in [0.2, 0.25) is 0 Å². The Bertz CT molecular complexity index is 2070. The molecule has 7 rings (SSSR count). The van der Waals surface area contributed by atoms with Crippen LogP contribution in [0.3, 0.4) is 0 Å². The summed E-state index contributed by atoms with van der Waals surface area (Å²) in [5, 5.41) is 10.2. The molecule has 2 aliphatic rings. The molecule has 0 fully saturated rings. The third-order valence-electron chi connectivity index (χ3n) is 7.14. The molecule has 3 heterocycles. The molecule has 0 saturated heterocycles. The normalized spacial score (nSPS) is 16.8. The molecule has 0 spiro atoms. The Hall–Kier alpha value is -5.06. The number of carbonyl (C=O) groups excluding carboxylic acids is 1. The highest BCUT2D eigenvalue weighted by Crippen LogP contribution is 2.46. The van der Waals surface area contributed by atoms with Crippen molar-refractivity contribution < 1.29 is 9.53 Å². The Kier molecular flexibility index (Phi) is 6.84. The van der Waals surface area contributed by atoms with E-state index >= 15 is 0 Å². The number of thiazole rings is 1. The Morgan fingerprint density at radius 1 is 0.814 bits per heavy atom. The molecule has 2 aliphatic heterocycles. The van der Waals surface area contributed by atoms with Gasteiger partial charge in [-0.2, -0.15) is 5.01 Å². The molecule has 5 aromatic rings. The summed E-state index contributed by atoms with van der Waals surface area (Å²) < 4.78 is 8.09. The number of fused-ring (bicyclic) bond motifs is 1. The van der Waals surface area contributed by atoms with E-state index in [-0.39, 0.29) is 11.5 Å². The van der Waals surface area contributed by atoms with Gasteiger partial charge in [0, 0.05) is 23.7 Å². The minimum atomic E-state index is -0.326. The highest BCUT2D eigenvalue weighted by atomic mass is 32.2. The molecule has 0 radical (unpaired) electrons. The van der Waals surface area contributed by atoms with Crippen LogP contribution >= 0.6 is 23.1 Å². The van der Waals surface area contributed by atoms with Gasteiger partial charge in [0.05, 0.1) is 24.2 Å². The van der Waals surface area contributed by atoms with E-state index in [1.165, 1.54) is 28.1 Å². The molecule has 0 saturated carbocycles. The van der Waals surface area contributed by atoms with Gasteiger partial charge in [0.15, 0.2) is 5.84 Å². The van der Waals surface area contributed by atoms with Gasteiger partial charge < -0.3 is 15.0 Å². The van der Waals surface area contributed by atoms with Gasteiger partial charge in [-0.25, -0.2) is 0 Å². The second-order valence-electron chi connectivity index (χ2n) is 9.78. The first-order chi connectivity index (χ1) is 21.0. The van der Waals surface area contributed by atoms with Crippen molar-refractivity contribution in [3.8, 4) is 11.4 Å². The van der Waals surface area contributed by atoms with E-state index in [9.17, 15) is 9.59 Å². The van der Waals surface area contributed by atoms with Crippen molar-refractivity contribution in [3.05, 3.63) is 129 Å². The lowest BCUT2D eigenvalue weighted by molar-refractivity contribution is -0.112. The van der Waals surface area contributed by atoms with Crippen molar-refractivity contribution in [2.24, 2.45) is 5.10 Å². The zero-order valence-electron chi connectivity index (χ0n) is 23.2. The molecule has 0 unspecified atom stereocenters. The molecule has 1 amide bonds. The van der Waals surface area contributed by atoms with Crippen molar-refractivity contribution in [2.45, 2.75) is 4.90 Å². The molecule has 43 heavy (non-hydrogen) atoms. The summed E-state index contributed by atoms with van der Waals surface area (Å²) in [6, 6.07) is 34.1. The maximum absolute atomic E-state index is 14.4. The topological polar surface area (TPSA) is 79.2 Å². The highest BCUT2D eigenvalue weighted by Gasteiger charge is 2.35. The molecule has 0 bridgehead atoms. The number of carbonyl (C=O) groups is 1. The predicted octanol–water partition coefficient (Wildman–Crippen LogP) is 4.84. The second-order valence-corrected chi connectivity index (χ2v) is 11.8. The Balaban J connectivity index is 1.51. The van der Waals surface area contributed by atoms with Crippen molar-refractivity contribution in [1.82, 2.24) is 4.57 Å². The van der Waals surface area contributed by atoms with Crippen LogP contribution in [-0.2, 0) is 4.79 Å². The van der Waals surface area contributed by atoms with E-state index < -0.39 is 0 Å². The zero-order chi connectivity index (χ0) is 29.5. The fraction of sp³-hybridized carbons (Fsp3) is 0.0606. The van der Waals surface area contributed by atoms with Crippen LogP contribution < -0.4 is 34.7 Å². The number of hydrogen-bond acceptors (Lipinski definition) is 8. The van der Waals surface area contributed by atoms with E-state index in [0.717, 1.165) is 27.0 Å². The summed E-state index contributed by atoms with van der Waals surface area (Å²) in [4.78, 5) is 31.6. The van der Waals surface area contributed by atoms with Crippen LogP contribution in [0.25, 0.3) is 16.3 Å². The van der Waals surface area contributed by atoms with Gasteiger partial charge in [-0.3, -0.25) is 14.2 Å². The van der Waals surface area contributed by atoms with E-state index in [0.29, 0.717) is 32.0 Å². The van der Waals surface area contributed by atoms with Crippen molar-refractivity contribution >= 4 is 62.5 Å². The number of methoxy groups -OCH3 is 1. The molecule has 10 heteroatoms. The third-order valence-corrected chi connectivity index (χ3v) is 9.66. The number of amidine groups is 1. The lowest BCUT2D eigenvalue weighted by Crippen LogP contribution is -2.35. The number of thioether (sulfide) groups is 1. The number of benzene rings is 4. The van der Waals surface area contributed by atoms with Crippen LogP contribution in [0.15, 0.2) is 124 Å². The molecule has 1 N–H and O–H groups in total. The number of hydrogen-bond donors (Lipinski definition) is 1. The van der Waals surface area contributed by atoms with Crippen LogP contribution in [0.1, 0.15) is 0 Å². The van der Waals surface area contributed by atoms with E-state index in [4.69, 9.17) is 9.84 Å². The minimum Gasteiger partial charge on any atom is -0.497 e. The maximum atomic E-state index is 14.4. The first-order valence-electron chi connectivity index (χ1n) is 13.5. The fourth-order valence-electron chi connectivity index (χ4n) is 5.03.